The van der Waals surface area contributed by atoms with Crippen LogP contribution in [0.5, 0.6) is 5.75 Å². The first-order valence-corrected chi connectivity index (χ1v) is 12.3. The number of dihydropyridines is 1. The third-order valence-electron chi connectivity index (χ3n) is 6.74. The number of esters is 1. The van der Waals surface area contributed by atoms with Crippen molar-refractivity contribution in [1.82, 2.24) is 5.32 Å². The van der Waals surface area contributed by atoms with Crippen molar-refractivity contribution in [2.45, 2.75) is 45.1 Å². The molecule has 1 aromatic heterocycles. The Morgan fingerprint density at radius 1 is 1.03 bits per heavy atom. The molecular weight excluding hydrogens is 454 g/mol. The summed E-state index contributed by atoms with van der Waals surface area (Å²) in [6.45, 7) is 4.40. The van der Waals surface area contributed by atoms with Gasteiger partial charge in [0.05, 0.1) is 24.4 Å². The number of carbonyl (C=O) groups is 2. The van der Waals surface area contributed by atoms with Crippen molar-refractivity contribution in [2.24, 2.45) is 0 Å². The predicted molar refractivity (Wildman–Crippen MR) is 135 cm³/mol. The van der Waals surface area contributed by atoms with Crippen molar-refractivity contribution in [1.29, 1.82) is 0 Å². The first-order valence-electron chi connectivity index (χ1n) is 12.3. The molecule has 6 heteroatoms. The van der Waals surface area contributed by atoms with Gasteiger partial charge < -0.3 is 19.2 Å². The normalized spacial score (nSPS) is 19.6. The summed E-state index contributed by atoms with van der Waals surface area (Å²) >= 11 is 0. The highest BCUT2D eigenvalue weighted by molar-refractivity contribution is 6.04. The number of hydrogen-bond donors (Lipinski definition) is 1. The van der Waals surface area contributed by atoms with E-state index in [9.17, 15) is 9.59 Å². The Balaban J connectivity index is 1.55. The molecule has 2 aliphatic rings. The van der Waals surface area contributed by atoms with Crippen LogP contribution in [0.4, 0.5) is 0 Å². The van der Waals surface area contributed by atoms with Crippen LogP contribution >= 0.6 is 0 Å². The maximum Gasteiger partial charge on any atom is 0.337 e. The van der Waals surface area contributed by atoms with Crippen LogP contribution in [0.3, 0.4) is 0 Å². The molecule has 1 N–H and O–H groups in total. The van der Waals surface area contributed by atoms with Gasteiger partial charge in [0.15, 0.2) is 5.78 Å². The van der Waals surface area contributed by atoms with Gasteiger partial charge in [-0.3, -0.25) is 4.79 Å². The van der Waals surface area contributed by atoms with E-state index in [0.29, 0.717) is 42.0 Å². The molecule has 2 aromatic carbocycles. The number of carbonyl (C=O) groups excluding carboxylic acids is 2. The Morgan fingerprint density at radius 2 is 1.81 bits per heavy atom. The van der Waals surface area contributed by atoms with Gasteiger partial charge in [-0.1, -0.05) is 48.5 Å². The average molecular weight is 484 g/mol. The Morgan fingerprint density at radius 3 is 2.56 bits per heavy atom. The molecule has 2 atom stereocenters. The summed E-state index contributed by atoms with van der Waals surface area (Å²) in [7, 11) is 0. The lowest BCUT2D eigenvalue weighted by atomic mass is 9.72. The molecule has 184 valence electrons. The lowest BCUT2D eigenvalue weighted by Crippen LogP contribution is -2.36. The van der Waals surface area contributed by atoms with Crippen LogP contribution in [0.25, 0.3) is 0 Å². The van der Waals surface area contributed by atoms with Crippen LogP contribution in [0.1, 0.15) is 55.4 Å². The molecule has 36 heavy (non-hydrogen) atoms. The van der Waals surface area contributed by atoms with Gasteiger partial charge in [-0.2, -0.15) is 0 Å². The molecule has 0 saturated carbocycles. The van der Waals surface area contributed by atoms with E-state index in [-0.39, 0.29) is 18.3 Å². The van der Waals surface area contributed by atoms with E-state index in [1.54, 1.807) is 6.26 Å². The molecule has 5 rings (SSSR count). The van der Waals surface area contributed by atoms with E-state index in [1.165, 1.54) is 0 Å². The molecule has 6 nitrogen and oxygen atoms in total. The Bertz CT molecular complexity index is 1320. The quantitative estimate of drug-likeness (QED) is 0.429. The zero-order valence-corrected chi connectivity index (χ0v) is 20.5. The van der Waals surface area contributed by atoms with Gasteiger partial charge >= 0.3 is 5.97 Å². The minimum atomic E-state index is -0.586. The third-order valence-corrected chi connectivity index (χ3v) is 6.74. The minimum Gasteiger partial charge on any atom is -0.494 e. The van der Waals surface area contributed by atoms with E-state index in [2.05, 4.69) is 5.32 Å². The van der Waals surface area contributed by atoms with Crippen LogP contribution in [-0.4, -0.2) is 18.4 Å². The van der Waals surface area contributed by atoms with Gasteiger partial charge in [-0.05, 0) is 44.0 Å². The average Bonchev–Trinajstić information content (AvgIpc) is 3.43. The van der Waals surface area contributed by atoms with Crippen molar-refractivity contribution in [3.63, 3.8) is 0 Å². The molecule has 0 unspecified atom stereocenters. The lowest BCUT2D eigenvalue weighted by molar-refractivity contribution is -0.140. The van der Waals surface area contributed by atoms with Crippen LogP contribution in [0.15, 0.2) is 100.0 Å². The summed E-state index contributed by atoms with van der Waals surface area (Å²) in [6.07, 6.45) is 2.56. The first kappa shape index (κ1) is 23.7. The monoisotopic (exact) mass is 483 g/mol. The SMILES string of the molecule is CCOc1ccccc1[C@@H]1C(C(=O)OCc2ccccc2)=C(C)NC2=C1C(=O)C[C@@H](c1ccco1)C2. The number of hydrogen-bond acceptors (Lipinski definition) is 6. The molecule has 0 spiro atoms. The Hall–Kier alpha value is -4.06. The van der Waals surface area contributed by atoms with Crippen LogP contribution < -0.4 is 10.1 Å². The fourth-order valence-electron chi connectivity index (χ4n) is 5.15. The molecular formula is C30H29NO5. The van der Waals surface area contributed by atoms with Crippen LogP contribution in [-0.2, 0) is 20.9 Å². The third kappa shape index (κ3) is 4.59. The number of rotatable bonds is 7. The van der Waals surface area contributed by atoms with Crippen LogP contribution in [0, 0.1) is 0 Å². The molecule has 2 heterocycles. The maximum absolute atomic E-state index is 13.7. The van der Waals surface area contributed by atoms with Crippen molar-refractivity contribution in [3.8, 4) is 5.75 Å². The van der Waals surface area contributed by atoms with Crippen molar-refractivity contribution in [3.05, 3.63) is 112 Å². The number of nitrogens with one attached hydrogen (secondary N) is 1. The van der Waals surface area contributed by atoms with E-state index in [4.69, 9.17) is 13.9 Å². The van der Waals surface area contributed by atoms with Gasteiger partial charge in [-0.25, -0.2) is 4.79 Å². The number of ether oxygens (including phenoxy) is 2. The summed E-state index contributed by atoms with van der Waals surface area (Å²) < 4.78 is 17.3. The summed E-state index contributed by atoms with van der Waals surface area (Å²) in [5.41, 5.74) is 4.21. The van der Waals surface area contributed by atoms with E-state index < -0.39 is 11.9 Å². The summed E-state index contributed by atoms with van der Waals surface area (Å²) in [5, 5.41) is 3.38. The molecule has 3 aromatic rings. The summed E-state index contributed by atoms with van der Waals surface area (Å²) in [4.78, 5) is 27.2. The Kier molecular flexibility index (Phi) is 6.76. The number of furan rings is 1. The van der Waals surface area contributed by atoms with E-state index >= 15 is 0 Å². The van der Waals surface area contributed by atoms with Crippen LogP contribution in [0.2, 0.25) is 0 Å². The number of benzene rings is 2. The van der Waals surface area contributed by atoms with Crippen molar-refractivity contribution >= 4 is 11.8 Å². The highest BCUT2D eigenvalue weighted by atomic mass is 16.5. The molecule has 0 amide bonds. The second-order valence-electron chi connectivity index (χ2n) is 9.07. The number of para-hydroxylation sites is 1. The Labute approximate surface area is 210 Å². The zero-order chi connectivity index (χ0) is 25.1. The van der Waals surface area contributed by atoms with Crippen molar-refractivity contribution < 1.29 is 23.5 Å². The van der Waals surface area contributed by atoms with Gasteiger partial charge in [0.2, 0.25) is 0 Å². The van der Waals surface area contributed by atoms with Gasteiger partial charge in [-0.15, -0.1) is 0 Å². The topological polar surface area (TPSA) is 77.8 Å². The molecule has 1 aliphatic carbocycles. The fraction of sp³-hybridized carbons (Fsp3) is 0.267. The molecule has 1 aliphatic heterocycles. The lowest BCUT2D eigenvalue weighted by Gasteiger charge is -2.36. The van der Waals surface area contributed by atoms with Crippen molar-refractivity contribution in [2.75, 3.05) is 6.61 Å². The highest BCUT2D eigenvalue weighted by Gasteiger charge is 2.42. The fourth-order valence-corrected chi connectivity index (χ4v) is 5.15. The second-order valence-corrected chi connectivity index (χ2v) is 9.07. The maximum atomic E-state index is 13.7. The van der Waals surface area contributed by atoms with E-state index in [1.807, 2.05) is 80.6 Å². The van der Waals surface area contributed by atoms with Gasteiger partial charge in [0.1, 0.15) is 18.1 Å². The van der Waals surface area contributed by atoms with E-state index in [0.717, 1.165) is 22.6 Å². The molecule has 0 radical (unpaired) electrons. The summed E-state index contributed by atoms with van der Waals surface area (Å²) in [6, 6.07) is 20.9. The number of Topliss-reactive ketones (excluding diaryl/α,β-unsaturated/α-hetero) is 1. The number of ketones is 1. The molecule has 0 saturated heterocycles. The second kappa shape index (κ2) is 10.3. The first-order chi connectivity index (χ1) is 17.6. The zero-order valence-electron chi connectivity index (χ0n) is 20.5. The number of allylic oxidation sites excluding steroid dienone is 3. The largest absolute Gasteiger partial charge is 0.494 e. The minimum absolute atomic E-state index is 0.0117. The smallest absolute Gasteiger partial charge is 0.337 e. The summed E-state index contributed by atoms with van der Waals surface area (Å²) in [5.74, 6) is 0.340. The van der Waals surface area contributed by atoms with Gasteiger partial charge in [0.25, 0.3) is 0 Å². The molecule has 0 bridgehead atoms. The van der Waals surface area contributed by atoms with Gasteiger partial charge in [0, 0.05) is 34.9 Å². The molecule has 0 fully saturated rings. The standard InChI is InChI=1S/C30H29NO5/c1-3-34-26-13-8-7-12-22(26)28-27(30(33)36-18-20-10-5-4-6-11-20)19(2)31-23-16-21(17-24(32)29(23)28)25-14-9-15-35-25/h4-15,21,28,31H,3,16-18H2,1-2H3/t21-,28+/m0/s1. The predicted octanol–water partition coefficient (Wildman–Crippen LogP) is 5.78. The highest BCUT2D eigenvalue weighted by Crippen LogP contribution is 2.47.